The van der Waals surface area contributed by atoms with Crippen molar-refractivity contribution in [3.8, 4) is 17.9 Å². The molecule has 1 heterocycles. The Labute approximate surface area is 156 Å². The molecule has 0 atom stereocenters. The molecular formula is C21H17IN2. The predicted molar refractivity (Wildman–Crippen MR) is 107 cm³/mol. The van der Waals surface area contributed by atoms with E-state index >= 15 is 0 Å². The van der Waals surface area contributed by atoms with E-state index in [2.05, 4.69) is 63.3 Å². The van der Waals surface area contributed by atoms with E-state index in [0.29, 0.717) is 6.42 Å². The second-order valence-corrected chi connectivity index (χ2v) is 6.57. The first-order valence-corrected chi connectivity index (χ1v) is 9.05. The summed E-state index contributed by atoms with van der Waals surface area (Å²) in [7, 11) is 0. The highest BCUT2D eigenvalue weighted by molar-refractivity contribution is 14.1. The molecule has 118 valence electrons. The molecule has 3 heteroatoms. The molecule has 1 aromatic heterocycles. The second kappa shape index (κ2) is 8.04. The Balaban J connectivity index is 1.73. The number of nitriles is 1. The van der Waals surface area contributed by atoms with E-state index in [1.54, 1.807) is 0 Å². The van der Waals surface area contributed by atoms with Gasteiger partial charge in [0, 0.05) is 35.0 Å². The van der Waals surface area contributed by atoms with Crippen LogP contribution < -0.4 is 0 Å². The lowest BCUT2D eigenvalue weighted by atomic mass is 10.1. The fraction of sp³-hybridized carbons (Fsp3) is 0.190. The van der Waals surface area contributed by atoms with Crippen LogP contribution in [0.4, 0.5) is 0 Å². The molecular weight excluding hydrogens is 407 g/mol. The van der Waals surface area contributed by atoms with Gasteiger partial charge in [0.25, 0.3) is 0 Å². The third-order valence-corrected chi connectivity index (χ3v) is 5.19. The molecule has 0 aliphatic carbocycles. The van der Waals surface area contributed by atoms with Crippen LogP contribution in [-0.4, -0.2) is 4.57 Å². The molecule has 24 heavy (non-hydrogen) atoms. The van der Waals surface area contributed by atoms with E-state index in [-0.39, 0.29) is 0 Å². The van der Waals surface area contributed by atoms with Gasteiger partial charge < -0.3 is 4.57 Å². The van der Waals surface area contributed by atoms with Crippen molar-refractivity contribution in [3.63, 3.8) is 0 Å². The van der Waals surface area contributed by atoms with Gasteiger partial charge in [-0.25, -0.2) is 0 Å². The summed E-state index contributed by atoms with van der Waals surface area (Å²) in [5.74, 6) is 6.46. The third kappa shape index (κ3) is 3.63. The van der Waals surface area contributed by atoms with Crippen LogP contribution in [0.5, 0.6) is 0 Å². The Morgan fingerprint density at radius 3 is 2.54 bits per heavy atom. The number of rotatable bonds is 4. The highest BCUT2D eigenvalue weighted by atomic mass is 127. The predicted octanol–water partition coefficient (Wildman–Crippen LogP) is 5.14. The third-order valence-electron chi connectivity index (χ3n) is 3.95. The van der Waals surface area contributed by atoms with Gasteiger partial charge in [0.1, 0.15) is 0 Å². The molecule has 2 nitrogen and oxygen atoms in total. The molecule has 0 bridgehead atoms. The summed E-state index contributed by atoms with van der Waals surface area (Å²) >= 11 is 2.36. The van der Waals surface area contributed by atoms with E-state index in [1.807, 2.05) is 36.4 Å². The Bertz CT molecular complexity index is 937. The SMILES string of the molecule is N#CCc1c(I)n(CCCC#Cc2ccccc2)c2ccccc12. The summed E-state index contributed by atoms with van der Waals surface area (Å²) in [4.78, 5) is 0. The van der Waals surface area contributed by atoms with E-state index in [4.69, 9.17) is 5.26 Å². The molecule has 0 fully saturated rings. The average molecular weight is 424 g/mol. The van der Waals surface area contributed by atoms with Crippen molar-refractivity contribution in [3.05, 3.63) is 69.4 Å². The molecule has 0 unspecified atom stereocenters. The first-order valence-electron chi connectivity index (χ1n) is 7.97. The van der Waals surface area contributed by atoms with Gasteiger partial charge in [-0.15, -0.1) is 0 Å². The summed E-state index contributed by atoms with van der Waals surface area (Å²) in [5, 5.41) is 10.3. The maximum atomic E-state index is 9.09. The van der Waals surface area contributed by atoms with Crippen LogP contribution in [-0.2, 0) is 13.0 Å². The maximum absolute atomic E-state index is 9.09. The van der Waals surface area contributed by atoms with Gasteiger partial charge in [0.15, 0.2) is 0 Å². The molecule has 0 radical (unpaired) electrons. The number of fused-ring (bicyclic) bond motifs is 1. The van der Waals surface area contributed by atoms with Crippen LogP contribution in [0.3, 0.4) is 0 Å². The molecule has 0 amide bonds. The van der Waals surface area contributed by atoms with Crippen LogP contribution >= 0.6 is 22.6 Å². The fourth-order valence-corrected chi connectivity index (χ4v) is 3.80. The second-order valence-electron chi connectivity index (χ2n) is 5.54. The fourth-order valence-electron chi connectivity index (χ4n) is 2.82. The molecule has 0 N–H and O–H groups in total. The van der Waals surface area contributed by atoms with Gasteiger partial charge in [0.2, 0.25) is 0 Å². The molecule has 3 aromatic rings. The zero-order valence-electron chi connectivity index (χ0n) is 13.3. The molecule has 0 aliphatic rings. The van der Waals surface area contributed by atoms with Crippen LogP contribution in [0.15, 0.2) is 54.6 Å². The van der Waals surface area contributed by atoms with Gasteiger partial charge in [-0.1, -0.05) is 48.2 Å². The number of halogens is 1. The van der Waals surface area contributed by atoms with Gasteiger partial charge in [0.05, 0.1) is 16.2 Å². The monoisotopic (exact) mass is 424 g/mol. The highest BCUT2D eigenvalue weighted by Gasteiger charge is 2.13. The standard InChI is InChI=1S/C21H17IN2/c22-21-19(14-15-23)18-12-6-7-13-20(18)24(21)16-8-2-5-11-17-9-3-1-4-10-17/h1,3-4,6-7,9-10,12-13H,2,8,14,16H2. The lowest BCUT2D eigenvalue weighted by Gasteiger charge is -2.05. The van der Waals surface area contributed by atoms with Gasteiger partial charge in [-0.3, -0.25) is 0 Å². The van der Waals surface area contributed by atoms with Crippen molar-refractivity contribution in [1.82, 2.24) is 4.57 Å². The summed E-state index contributed by atoms with van der Waals surface area (Å²) in [6, 6.07) is 20.7. The number of aromatic nitrogens is 1. The maximum Gasteiger partial charge on any atom is 0.0852 e. The Morgan fingerprint density at radius 2 is 1.75 bits per heavy atom. The summed E-state index contributed by atoms with van der Waals surface area (Å²) in [6.07, 6.45) is 2.32. The largest absolute Gasteiger partial charge is 0.336 e. The van der Waals surface area contributed by atoms with Gasteiger partial charge >= 0.3 is 0 Å². The summed E-state index contributed by atoms with van der Waals surface area (Å²) < 4.78 is 3.48. The van der Waals surface area contributed by atoms with Crippen molar-refractivity contribution < 1.29 is 0 Å². The number of hydrogen-bond acceptors (Lipinski definition) is 1. The van der Waals surface area contributed by atoms with Crippen LogP contribution in [0.2, 0.25) is 0 Å². The molecule has 0 saturated carbocycles. The smallest absolute Gasteiger partial charge is 0.0852 e. The molecule has 0 saturated heterocycles. The Hall–Kier alpha value is -2.24. The number of hydrogen-bond donors (Lipinski definition) is 0. The molecule has 0 aliphatic heterocycles. The van der Waals surface area contributed by atoms with E-state index in [0.717, 1.165) is 30.5 Å². The zero-order chi connectivity index (χ0) is 16.8. The van der Waals surface area contributed by atoms with Crippen molar-refractivity contribution in [2.75, 3.05) is 0 Å². The lowest BCUT2D eigenvalue weighted by Crippen LogP contribution is -2.00. The highest BCUT2D eigenvalue weighted by Crippen LogP contribution is 2.28. The number of nitrogens with zero attached hydrogens (tertiary/aromatic N) is 2. The van der Waals surface area contributed by atoms with Gasteiger partial charge in [-0.2, -0.15) is 5.26 Å². The molecule has 0 spiro atoms. The average Bonchev–Trinajstić information content (AvgIpc) is 2.88. The van der Waals surface area contributed by atoms with E-state index in [1.165, 1.54) is 14.6 Å². The lowest BCUT2D eigenvalue weighted by molar-refractivity contribution is 0.663. The zero-order valence-corrected chi connectivity index (χ0v) is 15.5. The van der Waals surface area contributed by atoms with Crippen molar-refractivity contribution in [2.24, 2.45) is 0 Å². The van der Waals surface area contributed by atoms with Crippen LogP contribution in [0, 0.1) is 26.9 Å². The number of para-hydroxylation sites is 1. The summed E-state index contributed by atoms with van der Waals surface area (Å²) in [6.45, 7) is 0.924. The first kappa shape index (κ1) is 16.6. The number of benzene rings is 2. The minimum Gasteiger partial charge on any atom is -0.336 e. The number of unbranched alkanes of at least 4 members (excludes halogenated alkanes) is 1. The minimum atomic E-state index is 0.458. The van der Waals surface area contributed by atoms with E-state index < -0.39 is 0 Å². The Morgan fingerprint density at radius 1 is 1.00 bits per heavy atom. The molecule has 3 rings (SSSR count). The van der Waals surface area contributed by atoms with E-state index in [9.17, 15) is 0 Å². The topological polar surface area (TPSA) is 28.7 Å². The van der Waals surface area contributed by atoms with Crippen molar-refractivity contribution in [1.29, 1.82) is 5.26 Å². The van der Waals surface area contributed by atoms with Crippen molar-refractivity contribution in [2.45, 2.75) is 25.8 Å². The van der Waals surface area contributed by atoms with Gasteiger partial charge in [-0.05, 0) is 47.2 Å². The minimum absolute atomic E-state index is 0.458. The quantitative estimate of drug-likeness (QED) is 0.324. The number of aryl methyl sites for hydroxylation is 1. The van der Waals surface area contributed by atoms with Crippen LogP contribution in [0.1, 0.15) is 24.0 Å². The first-order chi connectivity index (χ1) is 11.8. The Kier molecular flexibility index (Phi) is 5.56. The molecule has 2 aromatic carbocycles. The van der Waals surface area contributed by atoms with Crippen molar-refractivity contribution >= 4 is 33.5 Å². The van der Waals surface area contributed by atoms with Crippen LogP contribution in [0.25, 0.3) is 10.9 Å². The summed E-state index contributed by atoms with van der Waals surface area (Å²) in [5.41, 5.74) is 3.42. The normalized spacial score (nSPS) is 10.2.